The Balaban J connectivity index is 1.53. The molecular weight excluding hydrogens is 518 g/mol. The molecule has 1 saturated heterocycles. The summed E-state index contributed by atoms with van der Waals surface area (Å²) in [5.74, 6) is 6.69. The number of imidazole rings is 1. The fourth-order valence-electron chi connectivity index (χ4n) is 5.34. The summed E-state index contributed by atoms with van der Waals surface area (Å²) in [6.07, 6.45) is 9.65. The molecule has 5 rings (SSSR count). The fraction of sp³-hybridized carbons (Fsp3) is 0.323. The molecule has 3 aromatic heterocycles. The highest BCUT2D eigenvalue weighted by Crippen LogP contribution is 2.37. The van der Waals surface area contributed by atoms with Crippen LogP contribution in [0.5, 0.6) is 5.75 Å². The average molecular weight is 552 g/mol. The molecule has 10 heteroatoms. The Morgan fingerprint density at radius 3 is 2.80 bits per heavy atom. The average Bonchev–Trinajstić information content (AvgIpc) is 3.38. The van der Waals surface area contributed by atoms with Crippen molar-refractivity contribution in [3.8, 4) is 28.8 Å². The Bertz CT molecular complexity index is 1670. The molecule has 1 atom stereocenters. The molecule has 0 unspecified atom stereocenters. The van der Waals surface area contributed by atoms with Crippen molar-refractivity contribution in [2.75, 3.05) is 24.7 Å². The minimum Gasteiger partial charge on any atom is -0.496 e. The lowest BCUT2D eigenvalue weighted by Gasteiger charge is -2.33. The van der Waals surface area contributed by atoms with Crippen LogP contribution in [-0.4, -0.2) is 49.7 Å². The summed E-state index contributed by atoms with van der Waals surface area (Å²) in [5.41, 5.74) is 9.74. The lowest BCUT2D eigenvalue weighted by atomic mass is 10.0. The van der Waals surface area contributed by atoms with Crippen LogP contribution in [0.4, 0.5) is 11.6 Å². The molecule has 4 aromatic rings. The predicted octanol–water partition coefficient (Wildman–Crippen LogP) is 4.66. The summed E-state index contributed by atoms with van der Waals surface area (Å²) in [4.78, 5) is 41.4. The molecule has 41 heavy (non-hydrogen) atoms. The normalized spacial score (nSPS) is 14.8. The standard InChI is InChI=1S/C31H33N7O3/c1-4-8-20-13-14-33-25(18-20)35-31(40)22-12-11-21(19-24(22)41-3)27-28-29(32)34-15-17-38(28)30(36-27)23-10-6-7-16-37(23)26(39)9-5-2/h11-15,17-19,23H,4,6-8,10,16H2,1-3H3,(H2,32,34)(H,33,35,40)/t23-/m0/s1. The highest BCUT2D eigenvalue weighted by molar-refractivity contribution is 6.06. The molecule has 10 nitrogen and oxygen atoms in total. The molecule has 2 amide bonds. The van der Waals surface area contributed by atoms with Gasteiger partial charge in [0.05, 0.1) is 18.7 Å². The SMILES string of the molecule is CC#CC(=O)N1CCCC[C@H]1c1nc(-c2ccc(C(=O)Nc3cc(CCC)ccn3)c(OC)c2)c2c(N)nccn12. The van der Waals surface area contributed by atoms with Crippen LogP contribution in [-0.2, 0) is 11.2 Å². The van der Waals surface area contributed by atoms with E-state index in [1.807, 2.05) is 22.6 Å². The number of aromatic nitrogens is 4. The van der Waals surface area contributed by atoms with Gasteiger partial charge in [-0.05, 0) is 68.4 Å². The first kappa shape index (κ1) is 27.6. The molecule has 1 fully saturated rings. The summed E-state index contributed by atoms with van der Waals surface area (Å²) in [6.45, 7) is 4.37. The number of nitrogens with one attached hydrogen (secondary N) is 1. The minimum absolute atomic E-state index is 0.218. The molecule has 0 spiro atoms. The van der Waals surface area contributed by atoms with E-state index in [0.717, 1.165) is 37.7 Å². The van der Waals surface area contributed by atoms with Crippen molar-refractivity contribution in [1.82, 2.24) is 24.3 Å². The third kappa shape index (κ3) is 5.57. The zero-order chi connectivity index (χ0) is 28.9. The number of ether oxygens (including phenoxy) is 1. The lowest BCUT2D eigenvalue weighted by Crippen LogP contribution is -2.38. The molecule has 4 heterocycles. The van der Waals surface area contributed by atoms with Gasteiger partial charge in [0, 0.05) is 30.7 Å². The number of nitrogen functional groups attached to an aromatic ring is 1. The number of hydrogen-bond acceptors (Lipinski definition) is 7. The van der Waals surface area contributed by atoms with Gasteiger partial charge in [-0.15, -0.1) is 0 Å². The first-order valence-electron chi connectivity index (χ1n) is 13.8. The van der Waals surface area contributed by atoms with Gasteiger partial charge in [-0.3, -0.25) is 14.0 Å². The number of anilines is 2. The van der Waals surface area contributed by atoms with Gasteiger partial charge in [0.15, 0.2) is 0 Å². The summed E-state index contributed by atoms with van der Waals surface area (Å²) in [7, 11) is 1.52. The maximum atomic E-state index is 13.2. The van der Waals surface area contributed by atoms with Crippen molar-refractivity contribution in [1.29, 1.82) is 0 Å². The number of aryl methyl sites for hydroxylation is 1. The Labute approximate surface area is 239 Å². The third-order valence-corrected chi connectivity index (χ3v) is 7.23. The van der Waals surface area contributed by atoms with Crippen molar-refractivity contribution in [3.05, 3.63) is 65.9 Å². The van der Waals surface area contributed by atoms with Gasteiger partial charge in [0.2, 0.25) is 0 Å². The predicted molar refractivity (Wildman–Crippen MR) is 157 cm³/mol. The quantitative estimate of drug-likeness (QED) is 0.320. The van der Waals surface area contributed by atoms with Crippen LogP contribution in [0.3, 0.4) is 0 Å². The van der Waals surface area contributed by atoms with Crippen LogP contribution in [0.2, 0.25) is 0 Å². The van der Waals surface area contributed by atoms with Gasteiger partial charge in [0.1, 0.15) is 34.4 Å². The summed E-state index contributed by atoms with van der Waals surface area (Å²) in [5, 5.41) is 2.87. The van der Waals surface area contributed by atoms with Crippen molar-refractivity contribution in [2.24, 2.45) is 0 Å². The van der Waals surface area contributed by atoms with Crippen molar-refractivity contribution < 1.29 is 14.3 Å². The molecule has 0 saturated carbocycles. The van der Waals surface area contributed by atoms with Gasteiger partial charge in [-0.1, -0.05) is 25.3 Å². The zero-order valence-corrected chi connectivity index (χ0v) is 23.5. The van der Waals surface area contributed by atoms with Crippen LogP contribution in [0.1, 0.15) is 67.3 Å². The van der Waals surface area contributed by atoms with Crippen LogP contribution < -0.4 is 15.8 Å². The Morgan fingerprint density at radius 2 is 2.02 bits per heavy atom. The maximum absolute atomic E-state index is 13.2. The van der Waals surface area contributed by atoms with E-state index in [4.69, 9.17) is 15.5 Å². The van der Waals surface area contributed by atoms with Crippen LogP contribution in [0.25, 0.3) is 16.8 Å². The number of nitrogens with zero attached hydrogens (tertiary/aromatic N) is 5. The second-order valence-electron chi connectivity index (χ2n) is 9.90. The van der Waals surface area contributed by atoms with E-state index < -0.39 is 0 Å². The Morgan fingerprint density at radius 1 is 1.17 bits per heavy atom. The van der Waals surface area contributed by atoms with Crippen LogP contribution >= 0.6 is 0 Å². The van der Waals surface area contributed by atoms with Gasteiger partial charge >= 0.3 is 0 Å². The van der Waals surface area contributed by atoms with E-state index in [2.05, 4.69) is 34.0 Å². The zero-order valence-electron chi connectivity index (χ0n) is 23.5. The van der Waals surface area contributed by atoms with E-state index >= 15 is 0 Å². The second-order valence-corrected chi connectivity index (χ2v) is 9.90. The van der Waals surface area contributed by atoms with E-state index in [0.29, 0.717) is 52.1 Å². The smallest absolute Gasteiger partial charge is 0.299 e. The van der Waals surface area contributed by atoms with E-state index in [9.17, 15) is 9.59 Å². The lowest BCUT2D eigenvalue weighted by molar-refractivity contribution is -0.129. The Kier molecular flexibility index (Phi) is 8.15. The number of rotatable bonds is 7. The summed E-state index contributed by atoms with van der Waals surface area (Å²) in [6, 6.07) is 8.83. The maximum Gasteiger partial charge on any atom is 0.299 e. The molecule has 3 N–H and O–H groups in total. The molecule has 0 bridgehead atoms. The van der Waals surface area contributed by atoms with Crippen molar-refractivity contribution in [2.45, 2.75) is 52.0 Å². The first-order valence-corrected chi connectivity index (χ1v) is 13.8. The highest BCUT2D eigenvalue weighted by atomic mass is 16.5. The van der Waals surface area contributed by atoms with Crippen LogP contribution in [0, 0.1) is 11.8 Å². The number of fused-ring (bicyclic) bond motifs is 1. The monoisotopic (exact) mass is 551 g/mol. The second kappa shape index (κ2) is 12.1. The van der Waals surface area contributed by atoms with E-state index in [1.165, 1.54) is 7.11 Å². The number of carbonyl (C=O) groups is 2. The summed E-state index contributed by atoms with van der Waals surface area (Å²) >= 11 is 0. The van der Waals surface area contributed by atoms with Gasteiger partial charge in [-0.2, -0.15) is 0 Å². The van der Waals surface area contributed by atoms with E-state index in [-0.39, 0.29) is 17.9 Å². The molecule has 1 aliphatic heterocycles. The molecule has 1 aromatic carbocycles. The number of nitrogens with two attached hydrogens (primary N) is 1. The fourth-order valence-corrected chi connectivity index (χ4v) is 5.34. The highest BCUT2D eigenvalue weighted by Gasteiger charge is 2.32. The topological polar surface area (TPSA) is 128 Å². The summed E-state index contributed by atoms with van der Waals surface area (Å²) < 4.78 is 7.54. The third-order valence-electron chi connectivity index (χ3n) is 7.23. The molecule has 0 radical (unpaired) electrons. The first-order chi connectivity index (χ1) is 19.9. The number of likely N-dealkylation sites (tertiary alicyclic amines) is 1. The van der Waals surface area contributed by atoms with Gasteiger partial charge in [0.25, 0.3) is 11.8 Å². The minimum atomic E-state index is -0.334. The molecule has 210 valence electrons. The number of pyridine rings is 1. The molecule has 1 aliphatic rings. The molecule has 0 aliphatic carbocycles. The van der Waals surface area contributed by atoms with Gasteiger partial charge < -0.3 is 20.7 Å². The number of carbonyl (C=O) groups excluding carboxylic acids is 2. The Hall–Kier alpha value is -4.91. The number of methoxy groups -OCH3 is 1. The number of benzene rings is 1. The van der Waals surface area contributed by atoms with Crippen molar-refractivity contribution >= 4 is 29.0 Å². The number of hydrogen-bond donors (Lipinski definition) is 2. The molecular formula is C31H33N7O3. The van der Waals surface area contributed by atoms with Crippen molar-refractivity contribution in [3.63, 3.8) is 0 Å². The number of amides is 2. The largest absolute Gasteiger partial charge is 0.496 e. The van der Waals surface area contributed by atoms with Gasteiger partial charge in [-0.25, -0.2) is 15.0 Å². The number of piperidine rings is 1. The van der Waals surface area contributed by atoms with E-state index in [1.54, 1.807) is 42.5 Å². The van der Waals surface area contributed by atoms with Crippen LogP contribution in [0.15, 0.2) is 48.9 Å².